The summed E-state index contributed by atoms with van der Waals surface area (Å²) in [6, 6.07) is 2.06. The molecule has 0 atom stereocenters. The number of anilines is 1. The maximum atomic E-state index is 4.26. The highest BCUT2D eigenvalue weighted by Crippen LogP contribution is 2.15. The zero-order valence-electron chi connectivity index (χ0n) is 9.99. The lowest BCUT2D eigenvalue weighted by atomic mass is 10.1. The Labute approximate surface area is 91.7 Å². The van der Waals surface area contributed by atoms with Crippen molar-refractivity contribution in [3.05, 3.63) is 18.1 Å². The van der Waals surface area contributed by atoms with Crippen molar-refractivity contribution in [3.8, 4) is 0 Å². The molecular formula is C11H20N4. The third-order valence-corrected chi connectivity index (χ3v) is 2.35. The van der Waals surface area contributed by atoms with Crippen molar-refractivity contribution in [2.45, 2.75) is 19.8 Å². The van der Waals surface area contributed by atoms with Gasteiger partial charge in [0.15, 0.2) is 0 Å². The van der Waals surface area contributed by atoms with Gasteiger partial charge in [0.05, 0.1) is 0 Å². The van der Waals surface area contributed by atoms with Gasteiger partial charge in [-0.05, 0) is 13.0 Å². The average molecular weight is 208 g/mol. The Hall–Kier alpha value is -1.16. The molecule has 1 N–H and O–H groups in total. The monoisotopic (exact) mass is 208 g/mol. The average Bonchev–Trinajstić information content (AvgIpc) is 2.26. The van der Waals surface area contributed by atoms with Gasteiger partial charge in [-0.3, -0.25) is 0 Å². The van der Waals surface area contributed by atoms with E-state index in [2.05, 4.69) is 40.1 Å². The minimum absolute atomic E-state index is 0.449. The van der Waals surface area contributed by atoms with Gasteiger partial charge >= 0.3 is 0 Å². The highest BCUT2D eigenvalue weighted by atomic mass is 15.2. The topological polar surface area (TPSA) is 41.0 Å². The van der Waals surface area contributed by atoms with Gasteiger partial charge in [0.25, 0.3) is 0 Å². The van der Waals surface area contributed by atoms with Gasteiger partial charge in [0.2, 0.25) is 0 Å². The van der Waals surface area contributed by atoms with Crippen LogP contribution < -0.4 is 10.2 Å². The van der Waals surface area contributed by atoms with E-state index in [4.69, 9.17) is 0 Å². The van der Waals surface area contributed by atoms with Crippen LogP contribution in [0.4, 0.5) is 5.82 Å². The highest BCUT2D eigenvalue weighted by Gasteiger charge is 2.05. The molecule has 1 aromatic heterocycles. The first-order valence-electron chi connectivity index (χ1n) is 5.32. The number of aromatic nitrogens is 2. The molecule has 4 nitrogen and oxygen atoms in total. The zero-order valence-corrected chi connectivity index (χ0v) is 9.99. The van der Waals surface area contributed by atoms with Crippen LogP contribution >= 0.6 is 0 Å². The summed E-state index contributed by atoms with van der Waals surface area (Å²) in [5, 5.41) is 3.12. The molecule has 0 fully saturated rings. The van der Waals surface area contributed by atoms with Gasteiger partial charge in [-0.1, -0.05) is 13.8 Å². The van der Waals surface area contributed by atoms with Crippen LogP contribution in [-0.4, -0.2) is 37.2 Å². The van der Waals surface area contributed by atoms with E-state index in [0.717, 1.165) is 24.6 Å². The molecular weight excluding hydrogens is 188 g/mol. The molecule has 1 aromatic rings. The van der Waals surface area contributed by atoms with Gasteiger partial charge in [-0.25, -0.2) is 9.97 Å². The highest BCUT2D eigenvalue weighted by molar-refractivity contribution is 5.38. The third-order valence-electron chi connectivity index (χ3n) is 2.35. The van der Waals surface area contributed by atoms with Gasteiger partial charge in [-0.15, -0.1) is 0 Å². The lowest BCUT2D eigenvalue weighted by Crippen LogP contribution is -2.27. The van der Waals surface area contributed by atoms with Crippen molar-refractivity contribution >= 4 is 5.82 Å². The molecule has 0 bridgehead atoms. The van der Waals surface area contributed by atoms with Crippen molar-refractivity contribution < 1.29 is 0 Å². The number of nitrogens with zero attached hydrogens (tertiary/aromatic N) is 3. The molecule has 0 aliphatic carbocycles. The zero-order chi connectivity index (χ0) is 11.3. The minimum Gasteiger partial charge on any atom is -0.358 e. The molecule has 0 spiro atoms. The van der Waals surface area contributed by atoms with Gasteiger partial charge in [0, 0.05) is 31.9 Å². The molecule has 0 aromatic carbocycles. The molecule has 0 saturated carbocycles. The van der Waals surface area contributed by atoms with Crippen molar-refractivity contribution in [2.24, 2.45) is 0 Å². The van der Waals surface area contributed by atoms with Crippen LogP contribution in [-0.2, 0) is 0 Å². The molecule has 15 heavy (non-hydrogen) atoms. The van der Waals surface area contributed by atoms with Gasteiger partial charge < -0.3 is 10.2 Å². The van der Waals surface area contributed by atoms with E-state index in [-0.39, 0.29) is 0 Å². The van der Waals surface area contributed by atoms with E-state index in [1.165, 1.54) is 0 Å². The molecule has 0 amide bonds. The first-order valence-corrected chi connectivity index (χ1v) is 5.32. The quantitative estimate of drug-likeness (QED) is 0.791. The molecule has 1 heterocycles. The molecule has 0 aliphatic heterocycles. The Bertz CT molecular complexity index is 298. The molecule has 0 saturated heterocycles. The van der Waals surface area contributed by atoms with Crippen LogP contribution in [0.2, 0.25) is 0 Å². The van der Waals surface area contributed by atoms with Crippen LogP contribution in [0.15, 0.2) is 12.4 Å². The van der Waals surface area contributed by atoms with Gasteiger partial charge in [0.1, 0.15) is 12.1 Å². The second-order valence-corrected chi connectivity index (χ2v) is 3.98. The molecule has 0 aliphatic rings. The predicted molar refractivity (Wildman–Crippen MR) is 63.3 cm³/mol. The largest absolute Gasteiger partial charge is 0.358 e. The second kappa shape index (κ2) is 5.66. The third kappa shape index (κ3) is 3.47. The van der Waals surface area contributed by atoms with Crippen LogP contribution in [0.5, 0.6) is 0 Å². The molecule has 1 rings (SSSR count). The van der Waals surface area contributed by atoms with E-state index in [1.54, 1.807) is 6.33 Å². The fourth-order valence-electron chi connectivity index (χ4n) is 1.28. The Balaban J connectivity index is 2.71. The second-order valence-electron chi connectivity index (χ2n) is 3.98. The Kier molecular flexibility index (Phi) is 4.49. The fourth-order valence-corrected chi connectivity index (χ4v) is 1.28. The van der Waals surface area contributed by atoms with Crippen LogP contribution in [0.3, 0.4) is 0 Å². The van der Waals surface area contributed by atoms with E-state index in [0.29, 0.717) is 5.92 Å². The molecule has 0 unspecified atom stereocenters. The maximum absolute atomic E-state index is 4.26. The SMILES string of the molecule is CNCCN(C)c1cc(C(C)C)ncn1. The fraction of sp³-hybridized carbons (Fsp3) is 0.636. The lowest BCUT2D eigenvalue weighted by Gasteiger charge is -2.18. The van der Waals surface area contributed by atoms with E-state index in [9.17, 15) is 0 Å². The Morgan fingerprint density at radius 1 is 1.40 bits per heavy atom. The maximum Gasteiger partial charge on any atom is 0.131 e. The number of hydrogen-bond donors (Lipinski definition) is 1. The summed E-state index contributed by atoms with van der Waals surface area (Å²) in [7, 11) is 4.00. The number of likely N-dealkylation sites (N-methyl/N-ethyl adjacent to an activating group) is 2. The minimum atomic E-state index is 0.449. The van der Waals surface area contributed by atoms with Crippen molar-refractivity contribution in [1.82, 2.24) is 15.3 Å². The standard InChI is InChI=1S/C11H20N4/c1-9(2)10-7-11(14-8-13-10)15(4)6-5-12-3/h7-9,12H,5-6H2,1-4H3. The predicted octanol–water partition coefficient (Wildman–Crippen LogP) is 1.26. The summed E-state index contributed by atoms with van der Waals surface area (Å²) in [6.07, 6.45) is 1.64. The molecule has 84 valence electrons. The smallest absolute Gasteiger partial charge is 0.131 e. The Morgan fingerprint density at radius 2 is 2.13 bits per heavy atom. The lowest BCUT2D eigenvalue weighted by molar-refractivity contribution is 0.753. The summed E-state index contributed by atoms with van der Waals surface area (Å²) in [5.41, 5.74) is 1.09. The first kappa shape index (κ1) is 11.9. The normalized spacial score (nSPS) is 10.7. The summed E-state index contributed by atoms with van der Waals surface area (Å²) in [4.78, 5) is 10.6. The van der Waals surface area contributed by atoms with Crippen LogP contribution in [0, 0.1) is 0 Å². The summed E-state index contributed by atoms with van der Waals surface area (Å²) in [6.45, 7) is 6.18. The number of hydrogen-bond acceptors (Lipinski definition) is 4. The number of rotatable bonds is 5. The van der Waals surface area contributed by atoms with Crippen molar-refractivity contribution in [3.63, 3.8) is 0 Å². The number of nitrogens with one attached hydrogen (secondary N) is 1. The summed E-state index contributed by atoms with van der Waals surface area (Å²) >= 11 is 0. The van der Waals surface area contributed by atoms with Crippen LogP contribution in [0.25, 0.3) is 0 Å². The van der Waals surface area contributed by atoms with Gasteiger partial charge in [-0.2, -0.15) is 0 Å². The van der Waals surface area contributed by atoms with Crippen molar-refractivity contribution in [2.75, 3.05) is 32.1 Å². The van der Waals surface area contributed by atoms with E-state index in [1.807, 2.05) is 14.1 Å². The van der Waals surface area contributed by atoms with E-state index >= 15 is 0 Å². The van der Waals surface area contributed by atoms with E-state index < -0.39 is 0 Å². The van der Waals surface area contributed by atoms with Crippen LogP contribution in [0.1, 0.15) is 25.5 Å². The molecule has 0 radical (unpaired) electrons. The van der Waals surface area contributed by atoms with Crippen molar-refractivity contribution in [1.29, 1.82) is 0 Å². The summed E-state index contributed by atoms with van der Waals surface area (Å²) < 4.78 is 0. The first-order chi connectivity index (χ1) is 7.15. The summed E-state index contributed by atoms with van der Waals surface area (Å²) in [5.74, 6) is 1.44. The Morgan fingerprint density at radius 3 is 2.73 bits per heavy atom. The molecule has 4 heteroatoms.